The Hall–Kier alpha value is -1.16. The molecule has 1 aromatic heterocycles. The molecule has 0 N–H and O–H groups in total. The molecule has 0 saturated heterocycles. The number of methoxy groups -OCH3 is 1. The fourth-order valence-electron chi connectivity index (χ4n) is 2.46. The smallest absolute Gasteiger partial charge is 0.305 e. The maximum absolute atomic E-state index is 11.1. The maximum Gasteiger partial charge on any atom is 0.305 e. The van der Waals surface area contributed by atoms with Crippen LogP contribution in [-0.2, 0) is 16.0 Å². The van der Waals surface area contributed by atoms with Gasteiger partial charge in [-0.05, 0) is 19.3 Å². The van der Waals surface area contributed by atoms with Crippen molar-refractivity contribution in [3.8, 4) is 0 Å². The van der Waals surface area contributed by atoms with Crippen molar-refractivity contribution in [3.05, 3.63) is 22.7 Å². The van der Waals surface area contributed by atoms with Gasteiger partial charge in [0, 0.05) is 24.1 Å². The van der Waals surface area contributed by atoms with Gasteiger partial charge >= 0.3 is 5.97 Å². The largest absolute Gasteiger partial charge is 0.469 e. The number of nitrogens with zero attached hydrogens (tertiary/aromatic N) is 2. The number of carbonyl (C=O) groups is 1. The first-order valence-corrected chi connectivity index (χ1v) is 7.16. The molecule has 1 saturated carbocycles. The second-order valence-electron chi connectivity index (χ2n) is 4.96. The van der Waals surface area contributed by atoms with Crippen LogP contribution in [0, 0.1) is 0 Å². The third-order valence-corrected chi connectivity index (χ3v) is 3.95. The molecule has 5 heteroatoms. The van der Waals surface area contributed by atoms with E-state index in [2.05, 4.69) is 14.7 Å². The molecule has 0 radical (unpaired) electrons. The molecule has 1 aliphatic rings. The molecule has 1 fully saturated rings. The van der Waals surface area contributed by atoms with Gasteiger partial charge in [0.2, 0.25) is 0 Å². The Balaban J connectivity index is 2.01. The summed E-state index contributed by atoms with van der Waals surface area (Å²) in [6, 6.07) is 0. The van der Waals surface area contributed by atoms with E-state index in [0.717, 1.165) is 24.2 Å². The molecule has 19 heavy (non-hydrogen) atoms. The lowest BCUT2D eigenvalue weighted by atomic mass is 9.89. The molecule has 4 nitrogen and oxygen atoms in total. The standard InChI is InChI=1S/C14H19ClN2O2/c1-19-12(18)8-7-11-9-16-14(17-13(11)15)10-5-3-2-4-6-10/h9-10H,2-8H2,1H3. The van der Waals surface area contributed by atoms with Gasteiger partial charge in [-0.1, -0.05) is 30.9 Å². The van der Waals surface area contributed by atoms with Crippen molar-refractivity contribution < 1.29 is 9.53 Å². The van der Waals surface area contributed by atoms with Crippen LogP contribution in [0.2, 0.25) is 5.15 Å². The van der Waals surface area contributed by atoms with Gasteiger partial charge < -0.3 is 4.74 Å². The number of carbonyl (C=O) groups excluding carboxylic acids is 1. The normalized spacial score (nSPS) is 16.3. The van der Waals surface area contributed by atoms with Crippen molar-refractivity contribution in [2.45, 2.75) is 50.9 Å². The van der Waals surface area contributed by atoms with Gasteiger partial charge in [-0.15, -0.1) is 0 Å². The number of aromatic nitrogens is 2. The highest BCUT2D eigenvalue weighted by Gasteiger charge is 2.19. The molecule has 0 unspecified atom stereocenters. The molecule has 0 amide bonds. The van der Waals surface area contributed by atoms with E-state index in [1.54, 1.807) is 6.20 Å². The number of hydrogen-bond donors (Lipinski definition) is 0. The van der Waals surface area contributed by atoms with Crippen LogP contribution in [0.3, 0.4) is 0 Å². The monoisotopic (exact) mass is 282 g/mol. The molecule has 1 aromatic rings. The molecular formula is C14H19ClN2O2. The Bertz CT molecular complexity index is 445. The third-order valence-electron chi connectivity index (χ3n) is 3.63. The Kier molecular flexibility index (Phi) is 5.14. The van der Waals surface area contributed by atoms with Crippen LogP contribution < -0.4 is 0 Å². The zero-order valence-electron chi connectivity index (χ0n) is 11.2. The molecule has 1 heterocycles. The average molecular weight is 283 g/mol. The van der Waals surface area contributed by atoms with Gasteiger partial charge in [0.15, 0.2) is 0 Å². The summed E-state index contributed by atoms with van der Waals surface area (Å²) in [6.45, 7) is 0. The zero-order chi connectivity index (χ0) is 13.7. The van der Waals surface area contributed by atoms with Crippen LogP contribution in [0.25, 0.3) is 0 Å². The minimum absolute atomic E-state index is 0.243. The highest BCUT2D eigenvalue weighted by molar-refractivity contribution is 6.30. The summed E-state index contributed by atoms with van der Waals surface area (Å²) in [5, 5.41) is 0.472. The highest BCUT2D eigenvalue weighted by atomic mass is 35.5. The molecule has 1 aliphatic carbocycles. The third kappa shape index (κ3) is 3.90. The van der Waals surface area contributed by atoms with E-state index in [9.17, 15) is 4.79 Å². The summed E-state index contributed by atoms with van der Waals surface area (Å²) in [6.07, 6.45) is 8.68. The van der Waals surface area contributed by atoms with Crippen molar-refractivity contribution in [1.29, 1.82) is 0 Å². The molecular weight excluding hydrogens is 264 g/mol. The Morgan fingerprint density at radius 1 is 1.42 bits per heavy atom. The van der Waals surface area contributed by atoms with Gasteiger partial charge in [-0.2, -0.15) is 0 Å². The zero-order valence-corrected chi connectivity index (χ0v) is 11.9. The second kappa shape index (κ2) is 6.85. The fourth-order valence-corrected chi connectivity index (χ4v) is 2.69. The maximum atomic E-state index is 11.1. The molecule has 0 aliphatic heterocycles. The van der Waals surface area contributed by atoms with Crippen molar-refractivity contribution in [3.63, 3.8) is 0 Å². The minimum atomic E-state index is -0.243. The van der Waals surface area contributed by atoms with E-state index in [4.69, 9.17) is 11.6 Å². The van der Waals surface area contributed by atoms with E-state index in [-0.39, 0.29) is 5.97 Å². The molecule has 104 valence electrons. The Labute approximate surface area is 118 Å². The number of ether oxygens (including phenoxy) is 1. The lowest BCUT2D eigenvalue weighted by molar-refractivity contribution is -0.140. The van der Waals surface area contributed by atoms with Gasteiger partial charge in [-0.25, -0.2) is 9.97 Å². The number of esters is 1. The quantitative estimate of drug-likeness (QED) is 0.628. The summed E-state index contributed by atoms with van der Waals surface area (Å²) < 4.78 is 4.61. The average Bonchev–Trinajstić information content (AvgIpc) is 2.46. The van der Waals surface area contributed by atoms with Crippen molar-refractivity contribution in [1.82, 2.24) is 9.97 Å². The van der Waals surface area contributed by atoms with Crippen molar-refractivity contribution >= 4 is 17.6 Å². The first-order chi connectivity index (χ1) is 9.20. The molecule has 2 rings (SSSR count). The molecule has 0 atom stereocenters. The van der Waals surface area contributed by atoms with Crippen molar-refractivity contribution in [2.24, 2.45) is 0 Å². The summed E-state index contributed by atoms with van der Waals surface area (Å²) in [7, 11) is 1.38. The number of aryl methyl sites for hydroxylation is 1. The highest BCUT2D eigenvalue weighted by Crippen LogP contribution is 2.31. The van der Waals surface area contributed by atoms with Crippen LogP contribution in [-0.4, -0.2) is 23.0 Å². The van der Waals surface area contributed by atoms with Crippen LogP contribution in [0.15, 0.2) is 6.20 Å². The van der Waals surface area contributed by atoms with E-state index in [0.29, 0.717) is 23.9 Å². The second-order valence-corrected chi connectivity index (χ2v) is 5.31. The molecule has 0 aromatic carbocycles. The Morgan fingerprint density at radius 3 is 2.79 bits per heavy atom. The lowest BCUT2D eigenvalue weighted by Gasteiger charge is -2.20. The number of rotatable bonds is 4. The number of halogens is 1. The summed E-state index contributed by atoms with van der Waals surface area (Å²) in [5.41, 5.74) is 0.812. The van der Waals surface area contributed by atoms with Gasteiger partial charge in [0.25, 0.3) is 0 Å². The predicted octanol–water partition coefficient (Wildman–Crippen LogP) is 3.28. The van der Waals surface area contributed by atoms with Crippen LogP contribution in [0.5, 0.6) is 0 Å². The molecule has 0 bridgehead atoms. The first-order valence-electron chi connectivity index (χ1n) is 6.79. The van der Waals surface area contributed by atoms with Gasteiger partial charge in [-0.3, -0.25) is 4.79 Å². The van der Waals surface area contributed by atoms with E-state index >= 15 is 0 Å². The predicted molar refractivity (Wildman–Crippen MR) is 73.2 cm³/mol. The van der Waals surface area contributed by atoms with Crippen LogP contribution in [0.1, 0.15) is 55.8 Å². The van der Waals surface area contributed by atoms with E-state index < -0.39 is 0 Å². The van der Waals surface area contributed by atoms with Gasteiger partial charge in [0.05, 0.1) is 7.11 Å². The topological polar surface area (TPSA) is 52.1 Å². The number of hydrogen-bond acceptors (Lipinski definition) is 4. The summed E-state index contributed by atoms with van der Waals surface area (Å²) in [4.78, 5) is 19.9. The van der Waals surface area contributed by atoms with E-state index in [1.165, 1.54) is 26.4 Å². The Morgan fingerprint density at radius 2 is 2.16 bits per heavy atom. The summed E-state index contributed by atoms with van der Waals surface area (Å²) in [5.74, 6) is 1.06. The van der Waals surface area contributed by atoms with Crippen molar-refractivity contribution in [2.75, 3.05) is 7.11 Å². The minimum Gasteiger partial charge on any atom is -0.469 e. The van der Waals surface area contributed by atoms with E-state index in [1.807, 2.05) is 0 Å². The van der Waals surface area contributed by atoms with Gasteiger partial charge in [0.1, 0.15) is 11.0 Å². The SMILES string of the molecule is COC(=O)CCc1cnc(C2CCCCC2)nc1Cl. The summed E-state index contributed by atoms with van der Waals surface area (Å²) >= 11 is 6.17. The first kappa shape index (κ1) is 14.3. The van der Waals surface area contributed by atoms with Crippen LogP contribution >= 0.6 is 11.6 Å². The van der Waals surface area contributed by atoms with Crippen LogP contribution in [0.4, 0.5) is 0 Å². The molecule has 0 spiro atoms. The fraction of sp³-hybridized carbons (Fsp3) is 0.643. The lowest BCUT2D eigenvalue weighted by Crippen LogP contribution is -2.10.